The van der Waals surface area contributed by atoms with Gasteiger partial charge in [0.2, 0.25) is 0 Å². The van der Waals surface area contributed by atoms with E-state index in [-0.39, 0.29) is 11.2 Å². The van der Waals surface area contributed by atoms with Crippen LogP contribution in [0.15, 0.2) is 0 Å². The van der Waals surface area contributed by atoms with Crippen LogP contribution in [0.5, 0.6) is 0 Å². The van der Waals surface area contributed by atoms with E-state index in [1.807, 2.05) is 0 Å². The van der Waals surface area contributed by atoms with Crippen molar-refractivity contribution >= 4 is 0 Å². The third-order valence-corrected chi connectivity index (χ3v) is 3.76. The Morgan fingerprint density at radius 2 is 1.44 bits per heavy atom. The molecule has 0 bridgehead atoms. The molecule has 1 spiro atoms. The van der Waals surface area contributed by atoms with Crippen LogP contribution in [-0.4, -0.2) is 19.0 Å². The molecule has 1 saturated heterocycles. The lowest BCUT2D eigenvalue weighted by Crippen LogP contribution is -2.53. The zero-order valence-corrected chi connectivity index (χ0v) is 11.4. The second kappa shape index (κ2) is 3.71. The summed E-state index contributed by atoms with van der Waals surface area (Å²) in [5.41, 5.74) is 0.523. The largest absolute Gasteiger partial charge is 0.349 e. The third kappa shape index (κ3) is 2.60. The van der Waals surface area contributed by atoms with Gasteiger partial charge in [-0.2, -0.15) is 0 Å². The minimum Gasteiger partial charge on any atom is -0.349 e. The van der Waals surface area contributed by atoms with Gasteiger partial charge in [0.15, 0.2) is 5.79 Å². The molecule has 16 heavy (non-hydrogen) atoms. The van der Waals surface area contributed by atoms with Gasteiger partial charge in [-0.3, -0.25) is 0 Å². The summed E-state index contributed by atoms with van der Waals surface area (Å²) in [4.78, 5) is 0. The Morgan fingerprint density at radius 3 is 1.94 bits per heavy atom. The molecule has 2 rings (SSSR count). The number of hydrogen-bond donors (Lipinski definition) is 0. The van der Waals surface area contributed by atoms with Crippen molar-refractivity contribution in [1.82, 2.24) is 0 Å². The van der Waals surface area contributed by atoms with Crippen molar-refractivity contribution in [3.63, 3.8) is 0 Å². The molecule has 1 atom stereocenters. The predicted octanol–water partition coefficient (Wildman–Crippen LogP) is 3.60. The second-order valence-corrected chi connectivity index (χ2v) is 7.51. The lowest BCUT2D eigenvalue weighted by atomic mass is 9.69. The molecule has 0 N–H and O–H groups in total. The number of ether oxygens (including phenoxy) is 2. The van der Waals surface area contributed by atoms with E-state index >= 15 is 0 Å². The minimum atomic E-state index is -0.281. The Labute approximate surface area is 99.7 Å². The lowest BCUT2D eigenvalue weighted by Gasteiger charge is -2.51. The highest BCUT2D eigenvalue weighted by Crippen LogP contribution is 2.48. The molecule has 2 aliphatic rings. The van der Waals surface area contributed by atoms with Crippen molar-refractivity contribution in [2.24, 2.45) is 16.7 Å². The summed E-state index contributed by atoms with van der Waals surface area (Å²) in [7, 11) is 0. The van der Waals surface area contributed by atoms with Crippen molar-refractivity contribution in [2.75, 3.05) is 13.2 Å². The first-order valence-corrected chi connectivity index (χ1v) is 6.50. The van der Waals surface area contributed by atoms with E-state index in [9.17, 15) is 0 Å². The molecule has 0 amide bonds. The molecule has 0 unspecified atom stereocenters. The van der Waals surface area contributed by atoms with Gasteiger partial charge >= 0.3 is 0 Å². The number of rotatable bonds is 0. The van der Waals surface area contributed by atoms with Crippen molar-refractivity contribution in [3.8, 4) is 0 Å². The standard InChI is InChI=1S/C14H26O2/c1-11-6-12(2,3)8-14(7-11)15-9-13(4,5)10-16-14/h11H,6-10H2,1-5H3/t11-/m1/s1. The number of hydrogen-bond acceptors (Lipinski definition) is 2. The molecule has 0 aromatic carbocycles. The van der Waals surface area contributed by atoms with Gasteiger partial charge < -0.3 is 9.47 Å². The normalized spacial score (nSPS) is 36.2. The topological polar surface area (TPSA) is 18.5 Å². The fourth-order valence-electron chi connectivity index (χ4n) is 3.38. The van der Waals surface area contributed by atoms with Gasteiger partial charge in [-0.05, 0) is 17.8 Å². The predicted molar refractivity (Wildman–Crippen MR) is 65.2 cm³/mol. The van der Waals surface area contributed by atoms with E-state index in [0.717, 1.165) is 26.1 Å². The Morgan fingerprint density at radius 1 is 0.875 bits per heavy atom. The van der Waals surface area contributed by atoms with E-state index < -0.39 is 0 Å². The van der Waals surface area contributed by atoms with Gasteiger partial charge in [-0.15, -0.1) is 0 Å². The van der Waals surface area contributed by atoms with Gasteiger partial charge in [0.05, 0.1) is 13.2 Å². The molecule has 1 aliphatic heterocycles. The molecule has 94 valence electrons. The fraction of sp³-hybridized carbons (Fsp3) is 1.00. The Hall–Kier alpha value is -0.0800. The maximum absolute atomic E-state index is 6.11. The van der Waals surface area contributed by atoms with Crippen LogP contribution < -0.4 is 0 Å². The molecule has 0 radical (unpaired) electrons. The zero-order valence-electron chi connectivity index (χ0n) is 11.4. The van der Waals surface area contributed by atoms with E-state index in [1.54, 1.807) is 0 Å². The minimum absolute atomic E-state index is 0.177. The SMILES string of the molecule is C[C@@H]1CC(C)(C)CC2(C1)OCC(C)(C)CO2. The average Bonchev–Trinajstić information content (AvgIpc) is 2.08. The van der Waals surface area contributed by atoms with Crippen LogP contribution in [0.1, 0.15) is 53.9 Å². The maximum atomic E-state index is 6.11. The first kappa shape index (κ1) is 12.4. The van der Waals surface area contributed by atoms with Gasteiger partial charge in [0.1, 0.15) is 0 Å². The van der Waals surface area contributed by atoms with E-state index in [2.05, 4.69) is 34.6 Å². The van der Waals surface area contributed by atoms with Crippen LogP contribution in [0.3, 0.4) is 0 Å². The smallest absolute Gasteiger partial charge is 0.169 e. The Balaban J connectivity index is 2.08. The molecule has 1 saturated carbocycles. The molecular weight excluding hydrogens is 200 g/mol. The van der Waals surface area contributed by atoms with Crippen LogP contribution in [0.4, 0.5) is 0 Å². The van der Waals surface area contributed by atoms with Gasteiger partial charge in [-0.25, -0.2) is 0 Å². The summed E-state index contributed by atoms with van der Waals surface area (Å²) in [6.07, 6.45) is 3.39. The summed E-state index contributed by atoms with van der Waals surface area (Å²) in [6.45, 7) is 13.0. The van der Waals surface area contributed by atoms with E-state index in [1.165, 1.54) is 6.42 Å². The summed E-state index contributed by atoms with van der Waals surface area (Å²) in [5, 5.41) is 0. The zero-order chi connectivity index (χ0) is 12.0. The summed E-state index contributed by atoms with van der Waals surface area (Å²) >= 11 is 0. The van der Waals surface area contributed by atoms with Crippen molar-refractivity contribution in [3.05, 3.63) is 0 Å². The monoisotopic (exact) mass is 226 g/mol. The third-order valence-electron chi connectivity index (χ3n) is 3.76. The van der Waals surface area contributed by atoms with Gasteiger partial charge in [0.25, 0.3) is 0 Å². The molecule has 1 aliphatic carbocycles. The Bertz CT molecular complexity index is 258. The van der Waals surface area contributed by atoms with Crippen LogP contribution in [0, 0.1) is 16.7 Å². The second-order valence-electron chi connectivity index (χ2n) is 7.51. The summed E-state index contributed by atoms with van der Waals surface area (Å²) in [5.74, 6) is 0.418. The fourth-order valence-corrected chi connectivity index (χ4v) is 3.38. The first-order chi connectivity index (χ1) is 7.22. The molecule has 0 aromatic rings. The van der Waals surface area contributed by atoms with Gasteiger partial charge in [-0.1, -0.05) is 34.6 Å². The average molecular weight is 226 g/mol. The van der Waals surface area contributed by atoms with Crippen molar-refractivity contribution in [1.29, 1.82) is 0 Å². The highest BCUT2D eigenvalue weighted by molar-refractivity contribution is 4.91. The highest BCUT2D eigenvalue weighted by atomic mass is 16.7. The van der Waals surface area contributed by atoms with E-state index in [4.69, 9.17) is 9.47 Å². The Kier molecular flexibility index (Phi) is 2.87. The molecule has 1 heterocycles. The van der Waals surface area contributed by atoms with Crippen molar-refractivity contribution in [2.45, 2.75) is 59.7 Å². The molecule has 2 heteroatoms. The van der Waals surface area contributed by atoms with Crippen LogP contribution in [0.25, 0.3) is 0 Å². The quantitative estimate of drug-likeness (QED) is 0.628. The molecule has 2 nitrogen and oxygen atoms in total. The van der Waals surface area contributed by atoms with E-state index in [0.29, 0.717) is 11.3 Å². The molecular formula is C14H26O2. The van der Waals surface area contributed by atoms with Crippen molar-refractivity contribution < 1.29 is 9.47 Å². The van der Waals surface area contributed by atoms with Crippen LogP contribution in [0.2, 0.25) is 0 Å². The summed E-state index contributed by atoms with van der Waals surface area (Å²) < 4.78 is 12.2. The van der Waals surface area contributed by atoms with Crippen LogP contribution in [-0.2, 0) is 9.47 Å². The molecule has 0 aromatic heterocycles. The highest BCUT2D eigenvalue weighted by Gasteiger charge is 2.48. The van der Waals surface area contributed by atoms with Crippen LogP contribution >= 0.6 is 0 Å². The summed E-state index contributed by atoms with van der Waals surface area (Å²) in [6, 6.07) is 0. The van der Waals surface area contributed by atoms with Gasteiger partial charge in [0, 0.05) is 18.3 Å². The maximum Gasteiger partial charge on any atom is 0.169 e. The molecule has 2 fully saturated rings. The first-order valence-electron chi connectivity index (χ1n) is 6.50. The lowest BCUT2D eigenvalue weighted by molar-refractivity contribution is -0.325.